The van der Waals surface area contributed by atoms with Crippen molar-refractivity contribution in [2.24, 2.45) is 0 Å². The number of hydrogen-bond acceptors (Lipinski definition) is 2. The molecule has 0 aromatic heterocycles. The Morgan fingerprint density at radius 1 is 1.33 bits per heavy atom. The molecule has 0 aliphatic carbocycles. The molecule has 1 aromatic carbocycles. The van der Waals surface area contributed by atoms with E-state index in [4.69, 9.17) is 4.74 Å². The Morgan fingerprint density at radius 2 is 2.17 bits per heavy atom. The van der Waals surface area contributed by atoms with Gasteiger partial charge >= 0.3 is 0 Å². The Kier molecular flexibility index (Phi) is 4.43. The van der Waals surface area contributed by atoms with Crippen LogP contribution in [0.3, 0.4) is 0 Å². The summed E-state index contributed by atoms with van der Waals surface area (Å²) in [4.78, 5) is 0. The summed E-state index contributed by atoms with van der Waals surface area (Å²) >= 11 is 0. The largest absolute Gasteiger partial charge is 0.496 e. The van der Waals surface area contributed by atoms with Crippen molar-refractivity contribution in [1.29, 1.82) is 0 Å². The molecule has 0 bridgehead atoms. The van der Waals surface area contributed by atoms with Crippen molar-refractivity contribution < 1.29 is 4.74 Å². The van der Waals surface area contributed by atoms with E-state index in [1.54, 1.807) is 7.11 Å². The molecule has 1 aliphatic rings. The smallest absolute Gasteiger partial charge is 0.126 e. The molecule has 18 heavy (non-hydrogen) atoms. The van der Waals surface area contributed by atoms with Gasteiger partial charge in [-0.1, -0.05) is 30.2 Å². The highest BCUT2D eigenvalue weighted by atomic mass is 16.5. The maximum absolute atomic E-state index is 5.39. The molecular formula is C16H23NO. The minimum atomic E-state index is 0.499. The first-order chi connectivity index (χ1) is 8.69. The van der Waals surface area contributed by atoms with Crippen molar-refractivity contribution in [2.45, 2.75) is 45.2 Å². The lowest BCUT2D eigenvalue weighted by atomic mass is 9.98. The molecular weight excluding hydrogens is 222 g/mol. The van der Waals surface area contributed by atoms with E-state index in [1.165, 1.54) is 24.8 Å². The van der Waals surface area contributed by atoms with Crippen LogP contribution in [0.1, 0.15) is 37.3 Å². The van der Waals surface area contributed by atoms with Gasteiger partial charge in [-0.3, -0.25) is 0 Å². The molecule has 0 amide bonds. The summed E-state index contributed by atoms with van der Waals surface area (Å²) in [5.41, 5.74) is 2.43. The lowest BCUT2D eigenvalue weighted by Crippen LogP contribution is -2.39. The molecule has 1 saturated heterocycles. The fraction of sp³-hybridized carbons (Fsp3) is 0.500. The second kappa shape index (κ2) is 6.05. The number of benzene rings is 1. The summed E-state index contributed by atoms with van der Waals surface area (Å²) in [6.45, 7) is 4.37. The van der Waals surface area contributed by atoms with E-state index in [2.05, 4.69) is 43.4 Å². The van der Waals surface area contributed by atoms with Crippen molar-refractivity contribution in [1.82, 2.24) is 5.32 Å². The highest BCUT2D eigenvalue weighted by Gasteiger charge is 2.14. The van der Waals surface area contributed by atoms with Crippen molar-refractivity contribution in [2.75, 3.05) is 7.11 Å². The van der Waals surface area contributed by atoms with E-state index in [-0.39, 0.29) is 0 Å². The maximum atomic E-state index is 5.39. The average Bonchev–Trinajstić information content (AvgIpc) is 2.37. The highest BCUT2D eigenvalue weighted by Crippen LogP contribution is 2.22. The standard InChI is InChI=1S/C16H23NO/c1-12-7-10-16(18-3)14(11-12)8-9-15-6-4-5-13(2)17-15/h7-11,13,15,17H,4-6H2,1-3H3/b9-8+. The number of hydrogen-bond donors (Lipinski definition) is 1. The summed E-state index contributed by atoms with van der Waals surface area (Å²) in [5.74, 6) is 0.945. The Bertz CT molecular complexity index is 425. The van der Waals surface area contributed by atoms with Gasteiger partial charge in [0.25, 0.3) is 0 Å². The molecule has 2 nitrogen and oxygen atoms in total. The molecule has 0 saturated carbocycles. The van der Waals surface area contributed by atoms with Gasteiger partial charge in [-0.15, -0.1) is 0 Å². The zero-order valence-electron chi connectivity index (χ0n) is 11.6. The third kappa shape index (κ3) is 3.36. The topological polar surface area (TPSA) is 21.3 Å². The van der Waals surface area contributed by atoms with E-state index < -0.39 is 0 Å². The van der Waals surface area contributed by atoms with Crippen molar-refractivity contribution >= 4 is 6.08 Å². The molecule has 1 fully saturated rings. The van der Waals surface area contributed by atoms with Gasteiger partial charge in [0.15, 0.2) is 0 Å². The molecule has 2 atom stereocenters. The summed E-state index contributed by atoms with van der Waals surface area (Å²) in [6, 6.07) is 7.41. The predicted octanol–water partition coefficient (Wildman–Crippen LogP) is 3.55. The highest BCUT2D eigenvalue weighted by molar-refractivity contribution is 5.58. The van der Waals surface area contributed by atoms with E-state index in [1.807, 2.05) is 6.07 Å². The number of methoxy groups -OCH3 is 1. The zero-order valence-corrected chi connectivity index (χ0v) is 11.6. The van der Waals surface area contributed by atoms with Crippen molar-refractivity contribution in [3.8, 4) is 5.75 Å². The second-order valence-corrected chi connectivity index (χ2v) is 5.21. The van der Waals surface area contributed by atoms with Crippen LogP contribution in [0.4, 0.5) is 0 Å². The van der Waals surface area contributed by atoms with E-state index in [9.17, 15) is 0 Å². The van der Waals surface area contributed by atoms with E-state index in [0.717, 1.165) is 11.3 Å². The number of rotatable bonds is 3. The summed E-state index contributed by atoms with van der Waals surface area (Å²) < 4.78 is 5.39. The molecule has 1 aliphatic heterocycles. The lowest BCUT2D eigenvalue weighted by Gasteiger charge is -2.26. The zero-order chi connectivity index (χ0) is 13.0. The van der Waals surface area contributed by atoms with Gasteiger partial charge < -0.3 is 10.1 Å². The normalized spacial score (nSPS) is 24.4. The monoisotopic (exact) mass is 245 g/mol. The van der Waals surface area contributed by atoms with Crippen LogP contribution in [-0.4, -0.2) is 19.2 Å². The molecule has 2 rings (SSSR count). The van der Waals surface area contributed by atoms with Gasteiger partial charge in [0.05, 0.1) is 7.11 Å². The number of piperidine rings is 1. The van der Waals surface area contributed by atoms with Crippen molar-refractivity contribution in [3.05, 3.63) is 35.4 Å². The van der Waals surface area contributed by atoms with Gasteiger partial charge in [0, 0.05) is 17.6 Å². The molecule has 1 N–H and O–H groups in total. The van der Waals surface area contributed by atoms with Gasteiger partial charge in [-0.05, 0) is 38.8 Å². The molecule has 2 unspecified atom stereocenters. The first-order valence-corrected chi connectivity index (χ1v) is 6.78. The first kappa shape index (κ1) is 13.2. The molecule has 1 heterocycles. The fourth-order valence-corrected chi connectivity index (χ4v) is 2.53. The summed E-state index contributed by atoms with van der Waals surface area (Å²) in [5, 5.41) is 3.61. The van der Waals surface area contributed by atoms with Gasteiger partial charge in [-0.25, -0.2) is 0 Å². The lowest BCUT2D eigenvalue weighted by molar-refractivity contribution is 0.375. The molecule has 2 heteroatoms. The third-order valence-corrected chi connectivity index (χ3v) is 3.54. The number of ether oxygens (including phenoxy) is 1. The predicted molar refractivity (Wildman–Crippen MR) is 77.0 cm³/mol. The second-order valence-electron chi connectivity index (χ2n) is 5.21. The minimum Gasteiger partial charge on any atom is -0.496 e. The number of aryl methyl sites for hydroxylation is 1. The van der Waals surface area contributed by atoms with E-state index in [0.29, 0.717) is 12.1 Å². The third-order valence-electron chi connectivity index (χ3n) is 3.54. The van der Waals surface area contributed by atoms with Crippen molar-refractivity contribution in [3.63, 3.8) is 0 Å². The average molecular weight is 245 g/mol. The van der Waals surface area contributed by atoms with Gasteiger partial charge in [-0.2, -0.15) is 0 Å². The fourth-order valence-electron chi connectivity index (χ4n) is 2.53. The maximum Gasteiger partial charge on any atom is 0.126 e. The molecule has 98 valence electrons. The van der Waals surface area contributed by atoms with Crippen LogP contribution in [-0.2, 0) is 0 Å². The first-order valence-electron chi connectivity index (χ1n) is 6.78. The number of nitrogens with one attached hydrogen (secondary N) is 1. The Labute approximate surface area is 110 Å². The Morgan fingerprint density at radius 3 is 2.89 bits per heavy atom. The molecule has 0 radical (unpaired) electrons. The Balaban J connectivity index is 2.10. The SMILES string of the molecule is COc1ccc(C)cc1/C=C/C1CCCC(C)N1. The van der Waals surface area contributed by atoms with Crippen LogP contribution in [0.15, 0.2) is 24.3 Å². The van der Waals surface area contributed by atoms with E-state index >= 15 is 0 Å². The van der Waals surface area contributed by atoms with Crippen LogP contribution in [0.5, 0.6) is 5.75 Å². The Hall–Kier alpha value is -1.28. The summed E-state index contributed by atoms with van der Waals surface area (Å²) in [7, 11) is 1.73. The van der Waals surface area contributed by atoms with Crippen LogP contribution >= 0.6 is 0 Å². The quantitative estimate of drug-likeness (QED) is 0.879. The molecule has 0 spiro atoms. The van der Waals surface area contributed by atoms with Crippen LogP contribution in [0.2, 0.25) is 0 Å². The minimum absolute atomic E-state index is 0.499. The molecule has 1 aromatic rings. The van der Waals surface area contributed by atoms with Crippen LogP contribution in [0.25, 0.3) is 6.08 Å². The van der Waals surface area contributed by atoms with Gasteiger partial charge in [0.2, 0.25) is 0 Å². The van der Waals surface area contributed by atoms with Gasteiger partial charge in [0.1, 0.15) is 5.75 Å². The van der Waals surface area contributed by atoms with Crippen LogP contribution < -0.4 is 10.1 Å². The summed E-state index contributed by atoms with van der Waals surface area (Å²) in [6.07, 6.45) is 8.29. The van der Waals surface area contributed by atoms with Crippen LogP contribution in [0, 0.1) is 6.92 Å².